The summed E-state index contributed by atoms with van der Waals surface area (Å²) in [5.74, 6) is -0.670. The second-order valence-corrected chi connectivity index (χ2v) is 12.2. The molecule has 43 heavy (non-hydrogen) atoms. The molecule has 1 atom stereocenters. The molecule has 0 aliphatic carbocycles. The number of nitrogens with one attached hydrogen (secondary N) is 2. The molecule has 2 aromatic carbocycles. The number of carbonyl (C=O) groups excluding carboxylic acids is 4. The number of fused-ring (bicyclic) bond motifs is 2. The van der Waals surface area contributed by atoms with Gasteiger partial charge in [0.25, 0.3) is 5.91 Å². The number of anilines is 1. The van der Waals surface area contributed by atoms with E-state index in [0.29, 0.717) is 33.9 Å². The zero-order chi connectivity index (χ0) is 31.5. The number of carbonyl (C=O) groups is 4. The highest BCUT2D eigenvalue weighted by Gasteiger charge is 2.23. The van der Waals surface area contributed by atoms with Crippen LogP contribution in [0.15, 0.2) is 42.5 Å². The minimum Gasteiger partial charge on any atom is -0.459 e. The molecule has 2 amide bonds. The van der Waals surface area contributed by atoms with Crippen LogP contribution in [0.3, 0.4) is 0 Å². The van der Waals surface area contributed by atoms with E-state index in [1.807, 2.05) is 19.1 Å². The number of nitrogens with zero attached hydrogens (tertiary/aromatic N) is 1. The summed E-state index contributed by atoms with van der Waals surface area (Å²) in [5.41, 5.74) is 2.86. The number of ether oxygens (including phenoxy) is 3. The lowest BCUT2D eigenvalue weighted by molar-refractivity contribution is -0.147. The number of rotatable bonds is 9. The van der Waals surface area contributed by atoms with E-state index in [-0.39, 0.29) is 18.3 Å². The number of hydrogen-bond donors (Lipinski definition) is 2. The quantitative estimate of drug-likeness (QED) is 0.167. The van der Waals surface area contributed by atoms with Crippen molar-refractivity contribution >= 4 is 61.9 Å². The van der Waals surface area contributed by atoms with Crippen LogP contribution in [0.5, 0.6) is 0 Å². The molecule has 0 radical (unpaired) electrons. The van der Waals surface area contributed by atoms with Gasteiger partial charge in [-0.05, 0) is 82.5 Å². The van der Waals surface area contributed by atoms with Crippen molar-refractivity contribution in [1.29, 1.82) is 0 Å². The predicted octanol–water partition coefficient (Wildman–Crippen LogP) is 6.32. The van der Waals surface area contributed by atoms with E-state index in [2.05, 4.69) is 15.6 Å². The lowest BCUT2D eigenvalue weighted by Crippen LogP contribution is -2.42. The van der Waals surface area contributed by atoms with Gasteiger partial charge in [-0.1, -0.05) is 18.2 Å². The van der Waals surface area contributed by atoms with Crippen LogP contribution < -0.4 is 10.6 Å². The number of methoxy groups -OCH3 is 1. The molecule has 0 spiro atoms. The number of amides is 2. The molecule has 0 saturated heterocycles. The zero-order valence-electron chi connectivity index (χ0n) is 25.2. The maximum absolute atomic E-state index is 13.4. The molecule has 0 bridgehead atoms. The van der Waals surface area contributed by atoms with Gasteiger partial charge < -0.3 is 24.8 Å². The van der Waals surface area contributed by atoms with Crippen LogP contribution in [0, 0.1) is 6.92 Å². The van der Waals surface area contributed by atoms with Gasteiger partial charge in [-0.15, -0.1) is 11.3 Å². The van der Waals surface area contributed by atoms with Crippen LogP contribution in [0.4, 0.5) is 10.6 Å². The van der Waals surface area contributed by atoms with Crippen LogP contribution in [-0.2, 0) is 32.2 Å². The standard InChI is InChI=1S/C32H35N3O7S/c1-17-26-21(15-40-7)11-12-22(19(3)36)28(26)43-27(17)29(37)35-25-14-13-23-20(9-8-10-24(23)34-25)16-41-30(38)18(2)33-31(39)42-32(4,5)6/h8-14,18H,15-16H2,1-7H3,(H,33,39)(H,34,35,37). The van der Waals surface area contributed by atoms with Gasteiger partial charge in [0.2, 0.25) is 0 Å². The number of aryl methyl sites for hydroxylation is 1. The fraction of sp³-hybridized carbons (Fsp3) is 0.344. The normalized spacial score (nSPS) is 12.2. The highest BCUT2D eigenvalue weighted by atomic mass is 32.1. The Labute approximate surface area is 253 Å². The molecular formula is C32H35N3O7S. The zero-order valence-corrected chi connectivity index (χ0v) is 26.1. The summed E-state index contributed by atoms with van der Waals surface area (Å²) in [6.07, 6.45) is -0.707. The Morgan fingerprint density at radius 3 is 2.42 bits per heavy atom. The fourth-order valence-corrected chi connectivity index (χ4v) is 5.92. The number of aromatic nitrogens is 1. The Morgan fingerprint density at radius 2 is 1.74 bits per heavy atom. The molecule has 226 valence electrons. The van der Waals surface area contributed by atoms with Gasteiger partial charge >= 0.3 is 12.1 Å². The first kappa shape index (κ1) is 31.6. The average Bonchev–Trinajstić information content (AvgIpc) is 3.28. The van der Waals surface area contributed by atoms with Crippen LogP contribution in [-0.4, -0.2) is 47.5 Å². The molecule has 10 nitrogen and oxygen atoms in total. The van der Waals surface area contributed by atoms with Crippen molar-refractivity contribution in [3.63, 3.8) is 0 Å². The van der Waals surface area contributed by atoms with Gasteiger partial charge in [-0.2, -0.15) is 0 Å². The third kappa shape index (κ3) is 7.36. The molecule has 0 aliphatic rings. The van der Waals surface area contributed by atoms with Crippen LogP contribution in [0.2, 0.25) is 0 Å². The van der Waals surface area contributed by atoms with Crippen molar-refractivity contribution in [2.75, 3.05) is 12.4 Å². The van der Waals surface area contributed by atoms with Gasteiger partial charge in [0.05, 0.1) is 17.0 Å². The summed E-state index contributed by atoms with van der Waals surface area (Å²) in [6, 6.07) is 11.6. The predicted molar refractivity (Wildman–Crippen MR) is 166 cm³/mol. The molecule has 2 heterocycles. The number of ketones is 1. The van der Waals surface area contributed by atoms with E-state index < -0.39 is 23.7 Å². The van der Waals surface area contributed by atoms with Gasteiger partial charge in [-0.3, -0.25) is 9.59 Å². The lowest BCUT2D eigenvalue weighted by Gasteiger charge is -2.21. The van der Waals surface area contributed by atoms with E-state index in [4.69, 9.17) is 14.2 Å². The van der Waals surface area contributed by atoms with Crippen LogP contribution >= 0.6 is 11.3 Å². The summed E-state index contributed by atoms with van der Waals surface area (Å²) in [4.78, 5) is 55.2. The number of alkyl carbamates (subject to hydrolysis) is 1. The van der Waals surface area contributed by atoms with Crippen molar-refractivity contribution < 1.29 is 33.4 Å². The number of benzene rings is 2. The molecule has 0 fully saturated rings. The van der Waals surface area contributed by atoms with Gasteiger partial charge in [0.1, 0.15) is 24.1 Å². The molecule has 0 saturated carbocycles. The van der Waals surface area contributed by atoms with Crippen molar-refractivity contribution in [3.05, 3.63) is 69.6 Å². The van der Waals surface area contributed by atoms with Crippen molar-refractivity contribution in [1.82, 2.24) is 10.3 Å². The van der Waals surface area contributed by atoms with Gasteiger partial charge in [0, 0.05) is 28.1 Å². The molecule has 4 aromatic rings. The second kappa shape index (κ2) is 12.9. The first-order valence-electron chi connectivity index (χ1n) is 13.7. The topological polar surface area (TPSA) is 133 Å². The summed E-state index contributed by atoms with van der Waals surface area (Å²) in [7, 11) is 1.60. The third-order valence-corrected chi connectivity index (χ3v) is 7.89. The average molecular weight is 606 g/mol. The minimum absolute atomic E-state index is 0.0346. The number of hydrogen-bond acceptors (Lipinski definition) is 9. The van der Waals surface area contributed by atoms with Gasteiger partial charge in [-0.25, -0.2) is 14.6 Å². The number of thiophene rings is 1. The van der Waals surface area contributed by atoms with Crippen LogP contribution in [0.1, 0.15) is 71.3 Å². The maximum atomic E-state index is 13.4. The molecular weight excluding hydrogens is 570 g/mol. The molecule has 2 aromatic heterocycles. The minimum atomic E-state index is -0.903. The maximum Gasteiger partial charge on any atom is 0.408 e. The SMILES string of the molecule is COCc1ccc(C(C)=O)c2sc(C(=O)Nc3ccc4c(COC(=O)C(C)NC(=O)OC(C)(C)C)cccc4n3)c(C)c12. The van der Waals surface area contributed by atoms with E-state index in [1.165, 1.54) is 25.2 Å². The smallest absolute Gasteiger partial charge is 0.408 e. The number of Topliss-reactive ketones (excluding diaryl/α,β-unsaturated/α-hetero) is 1. The Balaban J connectivity index is 1.50. The lowest BCUT2D eigenvalue weighted by atomic mass is 10.0. The van der Waals surface area contributed by atoms with Crippen LogP contribution in [0.25, 0.3) is 21.0 Å². The summed E-state index contributed by atoms with van der Waals surface area (Å²) < 4.78 is 16.7. The molecule has 1 unspecified atom stereocenters. The highest BCUT2D eigenvalue weighted by molar-refractivity contribution is 7.21. The molecule has 4 rings (SSSR count). The Kier molecular flexibility index (Phi) is 9.46. The second-order valence-electron chi connectivity index (χ2n) is 11.1. The Hall–Kier alpha value is -4.35. The largest absolute Gasteiger partial charge is 0.459 e. The fourth-order valence-electron chi connectivity index (χ4n) is 4.61. The van der Waals surface area contributed by atoms with Crippen molar-refractivity contribution in [2.24, 2.45) is 0 Å². The number of esters is 1. The first-order chi connectivity index (χ1) is 20.3. The van der Waals surface area contributed by atoms with E-state index in [0.717, 1.165) is 26.6 Å². The molecule has 2 N–H and O–H groups in total. The van der Waals surface area contributed by atoms with Crippen molar-refractivity contribution in [3.8, 4) is 0 Å². The Morgan fingerprint density at radius 1 is 1.00 bits per heavy atom. The summed E-state index contributed by atoms with van der Waals surface area (Å²) in [5, 5.41) is 6.94. The summed E-state index contributed by atoms with van der Waals surface area (Å²) >= 11 is 1.27. The van der Waals surface area contributed by atoms with Gasteiger partial charge in [0.15, 0.2) is 5.78 Å². The molecule has 0 aliphatic heterocycles. The first-order valence-corrected chi connectivity index (χ1v) is 14.5. The van der Waals surface area contributed by atoms with Crippen molar-refractivity contribution in [2.45, 2.75) is 66.4 Å². The Bertz CT molecular complexity index is 1720. The van der Waals surface area contributed by atoms with E-state index in [1.54, 1.807) is 58.2 Å². The van der Waals surface area contributed by atoms with E-state index in [9.17, 15) is 19.2 Å². The highest BCUT2D eigenvalue weighted by Crippen LogP contribution is 2.37. The summed E-state index contributed by atoms with van der Waals surface area (Å²) in [6.45, 7) is 10.4. The number of pyridine rings is 1. The molecule has 11 heteroatoms. The monoisotopic (exact) mass is 605 g/mol. The third-order valence-electron chi connectivity index (χ3n) is 6.57. The van der Waals surface area contributed by atoms with E-state index >= 15 is 0 Å².